The van der Waals surface area contributed by atoms with Gasteiger partial charge in [-0.1, -0.05) is 0 Å². The van der Waals surface area contributed by atoms with Gasteiger partial charge in [0.15, 0.2) is 0 Å². The molecule has 1 rings (SSSR count). The highest BCUT2D eigenvalue weighted by molar-refractivity contribution is 7.89. The van der Waals surface area contributed by atoms with Crippen LogP contribution in [0.1, 0.15) is 26.7 Å². The zero-order chi connectivity index (χ0) is 9.41. The van der Waals surface area contributed by atoms with Crippen LogP contribution in [0.5, 0.6) is 0 Å². The summed E-state index contributed by atoms with van der Waals surface area (Å²) in [5, 5.41) is 4.90. The molecule has 72 valence electrons. The van der Waals surface area contributed by atoms with Crippen molar-refractivity contribution in [1.82, 2.24) is 0 Å². The molecule has 0 aromatic heterocycles. The lowest BCUT2D eigenvalue weighted by atomic mass is 10.1. The van der Waals surface area contributed by atoms with Gasteiger partial charge in [-0.25, -0.2) is 13.6 Å². The Labute approximate surface area is 73.1 Å². The van der Waals surface area contributed by atoms with E-state index in [1.807, 2.05) is 13.8 Å². The second-order valence-corrected chi connectivity index (χ2v) is 5.53. The molecule has 1 aliphatic rings. The molecule has 0 aromatic carbocycles. The van der Waals surface area contributed by atoms with Crippen LogP contribution in [0.2, 0.25) is 0 Å². The Morgan fingerprint density at radius 2 is 2.17 bits per heavy atom. The van der Waals surface area contributed by atoms with Gasteiger partial charge in [-0.15, -0.1) is 0 Å². The largest absolute Gasteiger partial charge is 0.371 e. The van der Waals surface area contributed by atoms with Gasteiger partial charge < -0.3 is 4.74 Å². The molecule has 5 heteroatoms. The van der Waals surface area contributed by atoms with E-state index in [4.69, 9.17) is 9.88 Å². The van der Waals surface area contributed by atoms with Crippen molar-refractivity contribution in [1.29, 1.82) is 0 Å². The quantitative estimate of drug-likeness (QED) is 0.682. The van der Waals surface area contributed by atoms with Crippen molar-refractivity contribution in [3.05, 3.63) is 0 Å². The Morgan fingerprint density at radius 1 is 1.58 bits per heavy atom. The first-order valence-corrected chi connectivity index (χ1v) is 5.68. The lowest BCUT2D eigenvalue weighted by Crippen LogP contribution is -2.28. The maximum atomic E-state index is 10.7. The minimum atomic E-state index is -3.38. The van der Waals surface area contributed by atoms with Crippen molar-refractivity contribution < 1.29 is 13.2 Å². The Bertz CT molecular complexity index is 258. The molecule has 0 spiro atoms. The number of hydrogen-bond donors (Lipinski definition) is 1. The molecule has 1 atom stereocenters. The minimum absolute atomic E-state index is 0.0591. The van der Waals surface area contributed by atoms with Gasteiger partial charge in [-0.2, -0.15) is 0 Å². The zero-order valence-corrected chi connectivity index (χ0v) is 8.23. The Hall–Kier alpha value is -0.130. The van der Waals surface area contributed by atoms with Gasteiger partial charge in [0.2, 0.25) is 10.0 Å². The van der Waals surface area contributed by atoms with Gasteiger partial charge in [0.25, 0.3) is 0 Å². The molecule has 1 aliphatic heterocycles. The maximum absolute atomic E-state index is 10.7. The number of nitrogens with two attached hydrogens (primary N) is 1. The first-order valence-electron chi connectivity index (χ1n) is 3.97. The number of sulfonamides is 1. The van der Waals surface area contributed by atoms with Crippen LogP contribution >= 0.6 is 0 Å². The van der Waals surface area contributed by atoms with Crippen LogP contribution in [0, 0.1) is 0 Å². The standard InChI is InChI=1S/C7H15NO3S/c1-7(2)4-3-6(11-7)5-12(8,9)10/h6H,3-5H2,1-2H3,(H2,8,9,10). The van der Waals surface area contributed by atoms with E-state index >= 15 is 0 Å². The number of hydrogen-bond acceptors (Lipinski definition) is 3. The third-order valence-electron chi connectivity index (χ3n) is 1.97. The predicted octanol–water partition coefficient (Wildman–Crippen LogP) is 0.233. The van der Waals surface area contributed by atoms with Crippen LogP contribution in [0.4, 0.5) is 0 Å². The Morgan fingerprint density at radius 3 is 2.50 bits per heavy atom. The third-order valence-corrected chi connectivity index (χ3v) is 2.81. The van der Waals surface area contributed by atoms with Gasteiger partial charge >= 0.3 is 0 Å². The van der Waals surface area contributed by atoms with E-state index in [1.165, 1.54) is 0 Å². The van der Waals surface area contributed by atoms with E-state index in [-0.39, 0.29) is 17.5 Å². The summed E-state index contributed by atoms with van der Waals surface area (Å²) in [6, 6.07) is 0. The molecule has 12 heavy (non-hydrogen) atoms. The van der Waals surface area contributed by atoms with Gasteiger partial charge in [0.1, 0.15) is 0 Å². The summed E-state index contributed by atoms with van der Waals surface area (Å²) in [6.45, 7) is 3.91. The van der Waals surface area contributed by atoms with Gasteiger partial charge in [-0.05, 0) is 26.7 Å². The van der Waals surface area contributed by atoms with Crippen LogP contribution in [0.15, 0.2) is 0 Å². The van der Waals surface area contributed by atoms with Crippen LogP contribution in [0.3, 0.4) is 0 Å². The average Bonchev–Trinajstić information content (AvgIpc) is 2.05. The van der Waals surface area contributed by atoms with Crippen LogP contribution < -0.4 is 5.14 Å². The molecule has 0 saturated carbocycles. The minimum Gasteiger partial charge on any atom is -0.371 e. The predicted molar refractivity (Wildman–Crippen MR) is 46.2 cm³/mol. The summed E-state index contributed by atoms with van der Waals surface area (Å²) in [5.74, 6) is -0.0591. The normalized spacial score (nSPS) is 29.1. The molecule has 1 saturated heterocycles. The van der Waals surface area contributed by atoms with E-state index in [1.54, 1.807) is 0 Å². The smallest absolute Gasteiger partial charge is 0.211 e. The second-order valence-electron chi connectivity index (χ2n) is 3.87. The highest BCUT2D eigenvalue weighted by atomic mass is 32.2. The van der Waals surface area contributed by atoms with Gasteiger partial charge in [0, 0.05) is 0 Å². The molecule has 4 nitrogen and oxygen atoms in total. The molecule has 0 aliphatic carbocycles. The monoisotopic (exact) mass is 193 g/mol. The fourth-order valence-corrected chi connectivity index (χ4v) is 2.21. The van der Waals surface area contributed by atoms with Crippen LogP contribution in [-0.2, 0) is 14.8 Å². The van der Waals surface area contributed by atoms with Crippen LogP contribution in [0.25, 0.3) is 0 Å². The van der Waals surface area contributed by atoms with E-state index in [9.17, 15) is 8.42 Å². The summed E-state index contributed by atoms with van der Waals surface area (Å²) < 4.78 is 26.9. The highest BCUT2D eigenvalue weighted by Gasteiger charge is 2.33. The van der Waals surface area contributed by atoms with E-state index in [0.717, 1.165) is 12.8 Å². The first kappa shape index (κ1) is 9.95. The second kappa shape index (κ2) is 2.97. The third kappa shape index (κ3) is 3.08. The number of primary sulfonamides is 1. The average molecular weight is 193 g/mol. The molecular weight excluding hydrogens is 178 g/mol. The maximum Gasteiger partial charge on any atom is 0.211 e. The lowest BCUT2D eigenvalue weighted by Gasteiger charge is -2.18. The summed E-state index contributed by atoms with van der Waals surface area (Å²) in [6.07, 6.45) is 1.46. The summed E-state index contributed by atoms with van der Waals surface area (Å²) in [7, 11) is -3.38. The summed E-state index contributed by atoms with van der Waals surface area (Å²) >= 11 is 0. The molecule has 2 N–H and O–H groups in total. The number of ether oxygens (including phenoxy) is 1. The number of rotatable bonds is 2. The van der Waals surface area contributed by atoms with Gasteiger partial charge in [0.05, 0.1) is 17.5 Å². The van der Waals surface area contributed by atoms with E-state index < -0.39 is 10.0 Å². The van der Waals surface area contributed by atoms with E-state index in [0.29, 0.717) is 0 Å². The topological polar surface area (TPSA) is 69.4 Å². The highest BCUT2D eigenvalue weighted by Crippen LogP contribution is 2.29. The SMILES string of the molecule is CC1(C)CCC(CS(N)(=O)=O)O1. The first-order chi connectivity index (χ1) is 5.29. The zero-order valence-electron chi connectivity index (χ0n) is 7.41. The van der Waals surface area contributed by atoms with E-state index in [2.05, 4.69) is 0 Å². The molecule has 0 bridgehead atoms. The molecule has 1 unspecified atom stereocenters. The molecule has 1 heterocycles. The van der Waals surface area contributed by atoms with Crippen LogP contribution in [-0.4, -0.2) is 25.9 Å². The summed E-state index contributed by atoms with van der Waals surface area (Å²) in [5.41, 5.74) is -0.185. The van der Waals surface area contributed by atoms with Crippen molar-refractivity contribution in [2.75, 3.05) is 5.75 Å². The molecule has 0 radical (unpaired) electrons. The molecule has 0 amide bonds. The molecule has 1 fully saturated rings. The van der Waals surface area contributed by atoms with Crippen molar-refractivity contribution in [3.63, 3.8) is 0 Å². The van der Waals surface area contributed by atoms with Crippen molar-refractivity contribution in [3.8, 4) is 0 Å². The fraction of sp³-hybridized carbons (Fsp3) is 1.00. The lowest BCUT2D eigenvalue weighted by molar-refractivity contribution is -0.00526. The Kier molecular flexibility index (Phi) is 2.47. The van der Waals surface area contributed by atoms with Crippen molar-refractivity contribution in [2.24, 2.45) is 5.14 Å². The van der Waals surface area contributed by atoms with Crippen molar-refractivity contribution in [2.45, 2.75) is 38.4 Å². The Balaban J connectivity index is 2.49. The molecular formula is C7H15NO3S. The fourth-order valence-electron chi connectivity index (χ4n) is 1.45. The molecule has 0 aromatic rings. The van der Waals surface area contributed by atoms with Crippen molar-refractivity contribution >= 4 is 10.0 Å². The summed E-state index contributed by atoms with van der Waals surface area (Å²) in [4.78, 5) is 0. The van der Waals surface area contributed by atoms with Gasteiger partial charge in [-0.3, -0.25) is 0 Å².